The van der Waals surface area contributed by atoms with Gasteiger partial charge in [0.2, 0.25) is 0 Å². The summed E-state index contributed by atoms with van der Waals surface area (Å²) in [7, 11) is 0. The summed E-state index contributed by atoms with van der Waals surface area (Å²) in [5, 5.41) is 22.6. The molecule has 0 atom stereocenters. The molecule has 13 aromatic rings. The minimum absolute atomic E-state index is 0.928. The Morgan fingerprint density at radius 3 is 1.16 bits per heavy atom. The van der Waals surface area contributed by atoms with Crippen LogP contribution in [0.15, 0.2) is 199 Å². The molecule has 1 heteroatoms. The summed E-state index contributed by atoms with van der Waals surface area (Å²) in [6.45, 7) is 0. The van der Waals surface area contributed by atoms with Crippen LogP contribution in [0.1, 0.15) is 0 Å². The summed E-state index contributed by atoms with van der Waals surface area (Å²) in [6, 6.07) is 71.7. The molecule has 0 unspecified atom stereocenters. The number of hydrogen-bond donors (Lipinski definition) is 0. The van der Waals surface area contributed by atoms with Gasteiger partial charge in [-0.05, 0) is 151 Å². The van der Waals surface area contributed by atoms with Gasteiger partial charge in [0.15, 0.2) is 0 Å². The van der Waals surface area contributed by atoms with E-state index in [4.69, 9.17) is 4.42 Å². The van der Waals surface area contributed by atoms with Gasteiger partial charge in [-0.25, -0.2) is 0 Å². The molecular weight excluding hydrogens is 689 g/mol. The van der Waals surface area contributed by atoms with E-state index in [1.807, 2.05) is 0 Å². The minimum atomic E-state index is 0.928. The minimum Gasteiger partial charge on any atom is -0.456 e. The van der Waals surface area contributed by atoms with E-state index in [1.54, 1.807) is 0 Å². The zero-order valence-corrected chi connectivity index (χ0v) is 30.9. The zero-order chi connectivity index (χ0) is 37.2. The summed E-state index contributed by atoms with van der Waals surface area (Å²) in [5.41, 5.74) is 6.75. The average Bonchev–Trinajstić information content (AvgIpc) is 3.66. The van der Waals surface area contributed by atoms with Crippen molar-refractivity contribution >= 4 is 108 Å². The van der Waals surface area contributed by atoms with Gasteiger partial charge in [0, 0.05) is 10.8 Å². The quantitative estimate of drug-likeness (QED) is 0.162. The maximum absolute atomic E-state index is 6.52. The van der Waals surface area contributed by atoms with Crippen molar-refractivity contribution in [3.05, 3.63) is 194 Å². The van der Waals surface area contributed by atoms with Crippen molar-refractivity contribution in [2.24, 2.45) is 0 Å². The van der Waals surface area contributed by atoms with Crippen LogP contribution in [0.5, 0.6) is 0 Å². The van der Waals surface area contributed by atoms with E-state index in [0.29, 0.717) is 0 Å². The van der Waals surface area contributed by atoms with E-state index < -0.39 is 0 Å². The van der Waals surface area contributed by atoms with Gasteiger partial charge in [-0.3, -0.25) is 0 Å². The molecule has 0 bridgehead atoms. The van der Waals surface area contributed by atoms with Gasteiger partial charge in [-0.15, -0.1) is 0 Å². The van der Waals surface area contributed by atoms with Crippen molar-refractivity contribution in [2.45, 2.75) is 0 Å². The predicted molar refractivity (Wildman–Crippen MR) is 245 cm³/mol. The second-order valence-electron chi connectivity index (χ2n) is 15.6. The largest absolute Gasteiger partial charge is 0.456 e. The molecule has 262 valence electrons. The molecule has 0 aliphatic carbocycles. The van der Waals surface area contributed by atoms with Crippen molar-refractivity contribution in [2.75, 3.05) is 0 Å². The zero-order valence-electron chi connectivity index (χ0n) is 30.9. The van der Waals surface area contributed by atoms with Crippen LogP contribution in [0.25, 0.3) is 130 Å². The maximum Gasteiger partial charge on any atom is 0.136 e. The van der Waals surface area contributed by atoms with Crippen LogP contribution in [-0.2, 0) is 0 Å². The third-order valence-corrected chi connectivity index (χ3v) is 12.6. The molecule has 0 amide bonds. The first kappa shape index (κ1) is 30.8. The van der Waals surface area contributed by atoms with E-state index in [2.05, 4.69) is 194 Å². The van der Waals surface area contributed by atoms with E-state index >= 15 is 0 Å². The van der Waals surface area contributed by atoms with Gasteiger partial charge >= 0.3 is 0 Å². The molecule has 0 N–H and O–H groups in total. The van der Waals surface area contributed by atoms with Gasteiger partial charge in [0.05, 0.1) is 0 Å². The van der Waals surface area contributed by atoms with Crippen molar-refractivity contribution in [3.63, 3.8) is 0 Å². The fourth-order valence-corrected chi connectivity index (χ4v) is 9.86. The second-order valence-corrected chi connectivity index (χ2v) is 15.6. The first-order chi connectivity index (χ1) is 28.2. The SMILES string of the molecule is c1ccc2c(c1)ccc1oc3cc4c5ccccc5c5cc(-c6ccc7cc(-c8ccc9c%10ccccc%10c%10ccccc%10c9c8)ccc7c6)ccc5c4cc3c12. The molecule has 0 fully saturated rings. The van der Waals surface area contributed by atoms with Gasteiger partial charge in [0.1, 0.15) is 11.2 Å². The molecule has 12 aromatic carbocycles. The first-order valence-corrected chi connectivity index (χ1v) is 19.7. The highest BCUT2D eigenvalue weighted by atomic mass is 16.3. The second kappa shape index (κ2) is 11.5. The first-order valence-electron chi connectivity index (χ1n) is 19.7. The monoisotopic (exact) mass is 720 g/mol. The molecule has 0 radical (unpaired) electrons. The van der Waals surface area contributed by atoms with Crippen molar-refractivity contribution in [1.29, 1.82) is 0 Å². The summed E-state index contributed by atoms with van der Waals surface area (Å²) in [6.07, 6.45) is 0. The standard InChI is InChI=1S/C56H32O/c1-2-10-40-33(9-1)23-26-54-56(40)53-31-51-48-25-22-39(30-50(48)45-15-7-8-16-46(45)52(51)32-55(53)57-54)37-20-18-34-27-36(19-17-35(34)28-37)38-21-24-47-43-13-4-3-11-41(43)42-12-5-6-14-44(42)49(47)29-38/h1-32H. The summed E-state index contributed by atoms with van der Waals surface area (Å²) < 4.78 is 6.52. The van der Waals surface area contributed by atoms with Crippen LogP contribution in [-0.4, -0.2) is 0 Å². The lowest BCUT2D eigenvalue weighted by molar-refractivity contribution is 0.670. The molecule has 0 spiro atoms. The highest BCUT2D eigenvalue weighted by molar-refractivity contribution is 6.30. The van der Waals surface area contributed by atoms with E-state index in [0.717, 1.165) is 16.6 Å². The van der Waals surface area contributed by atoms with Crippen molar-refractivity contribution in [3.8, 4) is 22.3 Å². The topological polar surface area (TPSA) is 13.1 Å². The number of furan rings is 1. The Bertz CT molecular complexity index is 3830. The van der Waals surface area contributed by atoms with E-state index in [-0.39, 0.29) is 0 Å². The summed E-state index contributed by atoms with van der Waals surface area (Å²) in [5.74, 6) is 0. The van der Waals surface area contributed by atoms with Crippen molar-refractivity contribution < 1.29 is 4.42 Å². The number of rotatable bonds is 2. The Balaban J connectivity index is 0.946. The number of benzene rings is 12. The maximum atomic E-state index is 6.52. The lowest BCUT2D eigenvalue weighted by Crippen LogP contribution is -1.86. The van der Waals surface area contributed by atoms with Crippen LogP contribution in [0.2, 0.25) is 0 Å². The van der Waals surface area contributed by atoms with E-state index in [9.17, 15) is 0 Å². The predicted octanol–water partition coefficient (Wildman–Crippen LogP) is 16.1. The van der Waals surface area contributed by atoms with Crippen LogP contribution in [0.3, 0.4) is 0 Å². The fraction of sp³-hybridized carbons (Fsp3) is 0. The lowest BCUT2D eigenvalue weighted by atomic mass is 9.90. The number of hydrogen-bond acceptors (Lipinski definition) is 1. The molecular formula is C56H32O. The third-order valence-electron chi connectivity index (χ3n) is 12.6. The third kappa shape index (κ3) is 4.46. The summed E-state index contributed by atoms with van der Waals surface area (Å²) >= 11 is 0. The molecule has 13 rings (SSSR count). The molecule has 1 aromatic heterocycles. The van der Waals surface area contributed by atoms with Crippen LogP contribution in [0, 0.1) is 0 Å². The smallest absolute Gasteiger partial charge is 0.136 e. The Hall–Kier alpha value is -7.48. The normalized spacial score (nSPS) is 12.2. The summed E-state index contributed by atoms with van der Waals surface area (Å²) in [4.78, 5) is 0. The fourth-order valence-electron chi connectivity index (χ4n) is 9.86. The van der Waals surface area contributed by atoms with Gasteiger partial charge in [0.25, 0.3) is 0 Å². The lowest BCUT2D eigenvalue weighted by Gasteiger charge is -2.13. The molecule has 1 nitrogen and oxygen atoms in total. The van der Waals surface area contributed by atoms with Crippen LogP contribution < -0.4 is 0 Å². The Kier molecular flexibility index (Phi) is 6.23. The highest BCUT2D eigenvalue weighted by Gasteiger charge is 2.16. The van der Waals surface area contributed by atoms with Gasteiger partial charge in [-0.1, -0.05) is 152 Å². The van der Waals surface area contributed by atoms with Crippen LogP contribution >= 0.6 is 0 Å². The Morgan fingerprint density at radius 2 is 0.596 bits per heavy atom. The molecule has 0 saturated carbocycles. The highest BCUT2D eigenvalue weighted by Crippen LogP contribution is 2.43. The Morgan fingerprint density at radius 1 is 0.211 bits per heavy atom. The number of fused-ring (bicyclic) bond motifs is 18. The van der Waals surface area contributed by atoms with Crippen molar-refractivity contribution in [1.82, 2.24) is 0 Å². The average molecular weight is 721 g/mol. The van der Waals surface area contributed by atoms with Crippen LogP contribution in [0.4, 0.5) is 0 Å². The van der Waals surface area contributed by atoms with E-state index in [1.165, 1.54) is 114 Å². The van der Waals surface area contributed by atoms with Gasteiger partial charge in [-0.2, -0.15) is 0 Å². The molecule has 0 aliphatic heterocycles. The molecule has 0 saturated heterocycles. The molecule has 57 heavy (non-hydrogen) atoms. The molecule has 1 heterocycles. The molecule has 0 aliphatic rings. The van der Waals surface area contributed by atoms with Gasteiger partial charge < -0.3 is 4.42 Å². The Labute approximate surface area is 327 Å².